The number of aryl methyl sites for hydroxylation is 1. The maximum Gasteiger partial charge on any atom is 0.305 e. The van der Waals surface area contributed by atoms with Crippen LogP contribution >= 0.6 is 0 Å². The van der Waals surface area contributed by atoms with Crippen LogP contribution < -0.4 is 4.74 Å². The molecule has 3 aromatic carbocycles. The Morgan fingerprint density at radius 1 is 0.815 bits per heavy atom. The van der Waals surface area contributed by atoms with E-state index in [0.717, 1.165) is 28.2 Å². The highest BCUT2D eigenvalue weighted by molar-refractivity contribution is 5.67. The molecule has 3 rings (SSSR count). The van der Waals surface area contributed by atoms with Crippen molar-refractivity contribution in [1.82, 2.24) is 0 Å². The lowest BCUT2D eigenvalue weighted by atomic mass is 10.0. The van der Waals surface area contributed by atoms with Crippen molar-refractivity contribution in [3.63, 3.8) is 0 Å². The Morgan fingerprint density at radius 3 is 1.96 bits per heavy atom. The van der Waals surface area contributed by atoms with E-state index in [1.165, 1.54) is 0 Å². The minimum atomic E-state index is -0.975. The van der Waals surface area contributed by atoms with E-state index in [1.807, 2.05) is 78.9 Å². The van der Waals surface area contributed by atoms with Gasteiger partial charge in [-0.05, 0) is 53.8 Å². The second-order valence-electron chi connectivity index (χ2n) is 6.43. The number of aliphatic carboxylic acids is 1. The van der Waals surface area contributed by atoms with E-state index in [9.17, 15) is 9.90 Å². The molecule has 2 N–H and O–H groups in total. The number of hydrogen-bond donors (Lipinski definition) is 2. The van der Waals surface area contributed by atoms with Crippen LogP contribution in [0.5, 0.6) is 11.5 Å². The smallest absolute Gasteiger partial charge is 0.305 e. The molecule has 138 valence electrons. The predicted molar refractivity (Wildman–Crippen MR) is 105 cm³/mol. The first-order chi connectivity index (χ1) is 13.1. The maximum atomic E-state index is 10.6. The monoisotopic (exact) mass is 362 g/mol. The quantitative estimate of drug-likeness (QED) is 0.597. The van der Waals surface area contributed by atoms with Crippen molar-refractivity contribution in [3.05, 3.63) is 84.4 Å². The number of carboxylic acids is 1. The Kier molecular flexibility index (Phi) is 6.23. The number of aliphatic hydroxyl groups is 1. The summed E-state index contributed by atoms with van der Waals surface area (Å²) >= 11 is 0. The van der Waals surface area contributed by atoms with Gasteiger partial charge in [-0.25, -0.2) is 0 Å². The molecule has 0 aliphatic heterocycles. The Hall–Kier alpha value is -3.11. The van der Waals surface area contributed by atoms with Crippen LogP contribution in [-0.2, 0) is 11.2 Å². The van der Waals surface area contributed by atoms with Crippen molar-refractivity contribution in [2.24, 2.45) is 0 Å². The fourth-order valence-electron chi connectivity index (χ4n) is 2.84. The molecule has 0 amide bonds. The number of benzene rings is 3. The first-order valence-electron chi connectivity index (χ1n) is 8.92. The minimum Gasteiger partial charge on any atom is -0.481 e. The molecule has 1 atom stereocenters. The summed E-state index contributed by atoms with van der Waals surface area (Å²) in [7, 11) is 0. The second kappa shape index (κ2) is 9.01. The van der Waals surface area contributed by atoms with Gasteiger partial charge in [0.1, 0.15) is 11.5 Å². The Morgan fingerprint density at radius 2 is 1.37 bits per heavy atom. The van der Waals surface area contributed by atoms with Crippen LogP contribution in [0, 0.1) is 0 Å². The molecule has 4 nitrogen and oxygen atoms in total. The van der Waals surface area contributed by atoms with Gasteiger partial charge < -0.3 is 14.9 Å². The van der Waals surface area contributed by atoms with E-state index >= 15 is 0 Å². The van der Waals surface area contributed by atoms with Crippen molar-refractivity contribution >= 4 is 5.97 Å². The molecule has 27 heavy (non-hydrogen) atoms. The molecule has 0 saturated heterocycles. The summed E-state index contributed by atoms with van der Waals surface area (Å²) in [5.74, 6) is 0.617. The number of ether oxygens (including phenoxy) is 1. The zero-order valence-corrected chi connectivity index (χ0v) is 14.9. The molecule has 0 bridgehead atoms. The summed E-state index contributed by atoms with van der Waals surface area (Å²) in [4.78, 5) is 10.6. The van der Waals surface area contributed by atoms with Crippen LogP contribution in [0.15, 0.2) is 78.9 Å². The number of carbonyl (C=O) groups is 1. The van der Waals surface area contributed by atoms with Gasteiger partial charge in [0.25, 0.3) is 0 Å². The van der Waals surface area contributed by atoms with Crippen molar-refractivity contribution in [1.29, 1.82) is 0 Å². The van der Waals surface area contributed by atoms with Gasteiger partial charge in [-0.3, -0.25) is 4.79 Å². The topological polar surface area (TPSA) is 66.8 Å². The van der Waals surface area contributed by atoms with Gasteiger partial charge in [-0.2, -0.15) is 0 Å². The molecule has 4 heteroatoms. The number of rotatable bonds is 8. The van der Waals surface area contributed by atoms with E-state index in [1.54, 1.807) is 0 Å². The summed E-state index contributed by atoms with van der Waals surface area (Å²) in [6, 6.07) is 25.7. The third-order valence-corrected chi connectivity index (χ3v) is 4.30. The SMILES string of the molecule is O=C(O)CC(O)CCc1ccc(-c2ccc(Oc3ccccc3)cc2)cc1. The first-order valence-corrected chi connectivity index (χ1v) is 8.92. The van der Waals surface area contributed by atoms with Crippen LogP contribution in [0.3, 0.4) is 0 Å². The number of para-hydroxylation sites is 1. The number of aliphatic hydroxyl groups excluding tert-OH is 1. The fraction of sp³-hybridized carbons (Fsp3) is 0.174. The zero-order valence-electron chi connectivity index (χ0n) is 14.9. The van der Waals surface area contributed by atoms with Crippen LogP contribution in [0.4, 0.5) is 0 Å². The normalized spacial score (nSPS) is 11.7. The van der Waals surface area contributed by atoms with Crippen molar-refractivity contribution in [2.45, 2.75) is 25.4 Å². The van der Waals surface area contributed by atoms with Crippen molar-refractivity contribution in [3.8, 4) is 22.6 Å². The van der Waals surface area contributed by atoms with E-state index in [0.29, 0.717) is 12.8 Å². The Labute approximate surface area is 158 Å². The molecule has 0 spiro atoms. The molecular weight excluding hydrogens is 340 g/mol. The fourth-order valence-corrected chi connectivity index (χ4v) is 2.84. The Balaban J connectivity index is 1.59. The summed E-state index contributed by atoms with van der Waals surface area (Å²) in [5.41, 5.74) is 3.26. The molecule has 0 aromatic heterocycles. The average Bonchev–Trinajstić information content (AvgIpc) is 2.68. The van der Waals surface area contributed by atoms with Crippen LogP contribution in [0.25, 0.3) is 11.1 Å². The summed E-state index contributed by atoms with van der Waals surface area (Å²) in [6.07, 6.45) is 0.0740. The highest BCUT2D eigenvalue weighted by Gasteiger charge is 2.09. The number of carboxylic acid groups (broad SMARTS) is 1. The highest BCUT2D eigenvalue weighted by atomic mass is 16.5. The van der Waals surface area contributed by atoms with Crippen LogP contribution in [-0.4, -0.2) is 22.3 Å². The molecular formula is C23H22O4. The maximum absolute atomic E-state index is 10.6. The summed E-state index contributed by atoms with van der Waals surface area (Å²) < 4.78 is 5.80. The van der Waals surface area contributed by atoms with Gasteiger partial charge in [0.15, 0.2) is 0 Å². The average molecular weight is 362 g/mol. The first kappa shape index (κ1) is 18.7. The highest BCUT2D eigenvalue weighted by Crippen LogP contribution is 2.26. The standard InChI is InChI=1S/C23H22O4/c24-20(16-23(25)26)13-8-17-6-9-18(10-7-17)19-11-14-22(15-12-19)27-21-4-2-1-3-5-21/h1-7,9-12,14-15,20,24H,8,13,16H2,(H,25,26). The lowest BCUT2D eigenvalue weighted by Crippen LogP contribution is -2.13. The van der Waals surface area contributed by atoms with Gasteiger partial charge in [-0.15, -0.1) is 0 Å². The third-order valence-electron chi connectivity index (χ3n) is 4.30. The van der Waals surface area contributed by atoms with Gasteiger partial charge in [0, 0.05) is 0 Å². The minimum absolute atomic E-state index is 0.213. The lowest BCUT2D eigenvalue weighted by Gasteiger charge is -2.09. The molecule has 0 saturated carbocycles. The second-order valence-corrected chi connectivity index (χ2v) is 6.43. The summed E-state index contributed by atoms with van der Waals surface area (Å²) in [5, 5.41) is 18.3. The predicted octanol–water partition coefficient (Wildman–Crippen LogP) is 4.91. The number of hydrogen-bond acceptors (Lipinski definition) is 3. The van der Waals surface area contributed by atoms with E-state index in [4.69, 9.17) is 9.84 Å². The van der Waals surface area contributed by atoms with Crippen LogP contribution in [0.1, 0.15) is 18.4 Å². The van der Waals surface area contributed by atoms with Crippen molar-refractivity contribution in [2.75, 3.05) is 0 Å². The molecule has 3 aromatic rings. The lowest BCUT2D eigenvalue weighted by molar-refractivity contribution is -0.139. The van der Waals surface area contributed by atoms with E-state index in [2.05, 4.69) is 0 Å². The van der Waals surface area contributed by atoms with Gasteiger partial charge in [0.2, 0.25) is 0 Å². The summed E-state index contributed by atoms with van der Waals surface area (Å²) in [6.45, 7) is 0. The molecule has 0 radical (unpaired) electrons. The van der Waals surface area contributed by atoms with Crippen LogP contribution in [0.2, 0.25) is 0 Å². The van der Waals surface area contributed by atoms with Gasteiger partial charge >= 0.3 is 5.97 Å². The zero-order chi connectivity index (χ0) is 19.1. The Bertz CT molecular complexity index is 855. The van der Waals surface area contributed by atoms with E-state index < -0.39 is 12.1 Å². The molecule has 0 aliphatic carbocycles. The van der Waals surface area contributed by atoms with E-state index in [-0.39, 0.29) is 6.42 Å². The molecule has 0 fully saturated rings. The largest absolute Gasteiger partial charge is 0.481 e. The molecule has 1 unspecified atom stereocenters. The third kappa shape index (κ3) is 5.69. The molecule has 0 heterocycles. The molecule has 0 aliphatic rings. The van der Waals surface area contributed by atoms with Gasteiger partial charge in [-0.1, -0.05) is 54.6 Å². The van der Waals surface area contributed by atoms with Gasteiger partial charge in [0.05, 0.1) is 12.5 Å². The van der Waals surface area contributed by atoms with Crippen molar-refractivity contribution < 1.29 is 19.7 Å².